The summed E-state index contributed by atoms with van der Waals surface area (Å²) in [6, 6.07) is 63.1. The summed E-state index contributed by atoms with van der Waals surface area (Å²) < 4.78 is 9.21. The van der Waals surface area contributed by atoms with E-state index in [2.05, 4.69) is 181 Å². The molecule has 0 N–H and O–H groups in total. The van der Waals surface area contributed by atoms with Gasteiger partial charge in [0.2, 0.25) is 0 Å². The van der Waals surface area contributed by atoms with Crippen LogP contribution in [-0.2, 0) is 0 Å². The highest BCUT2D eigenvalue weighted by Crippen LogP contribution is 2.48. The summed E-state index contributed by atoms with van der Waals surface area (Å²) in [6.45, 7) is 0. The predicted octanol–water partition coefficient (Wildman–Crippen LogP) is 13.9. The lowest BCUT2D eigenvalue weighted by Crippen LogP contribution is -2.10. The maximum absolute atomic E-state index is 6.66. The lowest BCUT2D eigenvalue weighted by Gasteiger charge is -2.27. The number of benzene rings is 8. The van der Waals surface area contributed by atoms with Crippen LogP contribution in [0.25, 0.3) is 75.1 Å². The molecule has 0 bridgehead atoms. The van der Waals surface area contributed by atoms with Gasteiger partial charge in [-0.25, -0.2) is 0 Å². The third kappa shape index (κ3) is 4.55. The van der Waals surface area contributed by atoms with E-state index in [0.717, 1.165) is 44.4 Å². The molecule has 10 rings (SSSR count). The van der Waals surface area contributed by atoms with Crippen LogP contribution in [0.1, 0.15) is 0 Å². The summed E-state index contributed by atoms with van der Waals surface area (Å²) in [5, 5.41) is 7.10. The van der Waals surface area contributed by atoms with Crippen LogP contribution >= 0.6 is 11.3 Å². The summed E-state index contributed by atoms with van der Waals surface area (Å²) in [6.07, 6.45) is 0. The van der Waals surface area contributed by atoms with Crippen molar-refractivity contribution in [2.75, 3.05) is 4.90 Å². The molecule has 0 radical (unpaired) electrons. The molecule has 0 atom stereocenters. The normalized spacial score (nSPS) is 11.7. The van der Waals surface area contributed by atoms with Crippen LogP contribution in [-0.4, -0.2) is 0 Å². The molecule has 0 aliphatic heterocycles. The Morgan fingerprint density at radius 2 is 1.02 bits per heavy atom. The molecule has 10 aromatic rings. The zero-order valence-electron chi connectivity index (χ0n) is 26.5. The van der Waals surface area contributed by atoms with Crippen molar-refractivity contribution in [3.8, 4) is 22.3 Å². The quantitative estimate of drug-likeness (QED) is 0.186. The first-order chi connectivity index (χ1) is 24.3. The zero-order chi connectivity index (χ0) is 32.3. The minimum absolute atomic E-state index is 0.882. The molecule has 2 nitrogen and oxygen atoms in total. The number of nitrogens with zero attached hydrogens (tertiary/aromatic N) is 1. The van der Waals surface area contributed by atoms with Gasteiger partial charge in [0.05, 0.1) is 21.5 Å². The second kappa shape index (κ2) is 11.2. The van der Waals surface area contributed by atoms with Gasteiger partial charge in [-0.15, -0.1) is 11.3 Å². The fourth-order valence-corrected chi connectivity index (χ4v) is 8.53. The van der Waals surface area contributed by atoms with Crippen molar-refractivity contribution in [2.45, 2.75) is 0 Å². The molecule has 49 heavy (non-hydrogen) atoms. The number of fused-ring (bicyclic) bond motifs is 8. The average molecular weight is 644 g/mol. The van der Waals surface area contributed by atoms with E-state index in [0.29, 0.717) is 0 Å². The first-order valence-corrected chi connectivity index (χ1v) is 17.4. The van der Waals surface area contributed by atoms with Crippen LogP contribution in [0.5, 0.6) is 0 Å². The molecule has 0 spiro atoms. The first-order valence-electron chi connectivity index (χ1n) is 16.6. The third-order valence-corrected chi connectivity index (χ3v) is 10.9. The van der Waals surface area contributed by atoms with E-state index in [1.165, 1.54) is 47.8 Å². The number of furan rings is 1. The molecule has 0 amide bonds. The van der Waals surface area contributed by atoms with Gasteiger partial charge in [-0.05, 0) is 70.1 Å². The molecule has 0 aliphatic rings. The number of hydrogen-bond donors (Lipinski definition) is 0. The van der Waals surface area contributed by atoms with Gasteiger partial charge in [0, 0.05) is 31.9 Å². The summed E-state index contributed by atoms with van der Waals surface area (Å²) in [5.74, 6) is 0. The molecule has 0 unspecified atom stereocenters. The van der Waals surface area contributed by atoms with E-state index < -0.39 is 0 Å². The van der Waals surface area contributed by atoms with Crippen molar-refractivity contribution < 1.29 is 4.42 Å². The Morgan fingerprint density at radius 1 is 0.408 bits per heavy atom. The highest BCUT2D eigenvalue weighted by Gasteiger charge is 2.23. The van der Waals surface area contributed by atoms with E-state index in [9.17, 15) is 0 Å². The van der Waals surface area contributed by atoms with Crippen LogP contribution in [0.2, 0.25) is 0 Å². The van der Waals surface area contributed by atoms with Crippen LogP contribution in [0.4, 0.5) is 17.1 Å². The topological polar surface area (TPSA) is 16.4 Å². The van der Waals surface area contributed by atoms with E-state index in [-0.39, 0.29) is 0 Å². The molecule has 0 fully saturated rings. The van der Waals surface area contributed by atoms with Crippen molar-refractivity contribution in [1.29, 1.82) is 0 Å². The maximum atomic E-state index is 6.66. The lowest BCUT2D eigenvalue weighted by molar-refractivity contribution is 0.672. The minimum atomic E-state index is 0.882. The zero-order valence-corrected chi connectivity index (χ0v) is 27.3. The van der Waals surface area contributed by atoms with Crippen LogP contribution in [0, 0.1) is 0 Å². The van der Waals surface area contributed by atoms with Crippen LogP contribution in [0.3, 0.4) is 0 Å². The fourth-order valence-electron chi connectivity index (χ4n) is 7.33. The molecule has 230 valence electrons. The standard InChI is InChI=1S/C46H29NOS/c1-2-10-30(11-3-1)31-20-22-32(23-21-31)33-24-27-35(28-25-33)47(41-17-8-15-38-37-14-6-7-19-43(37)49-46(38)41)40-16-9-18-42-44(40)39-29-26-34-12-4-5-13-36(34)45(39)48-42/h1-29H. The molecule has 3 heteroatoms. The Morgan fingerprint density at radius 3 is 1.82 bits per heavy atom. The van der Waals surface area contributed by atoms with Gasteiger partial charge < -0.3 is 9.32 Å². The average Bonchev–Trinajstić information content (AvgIpc) is 3.76. The highest BCUT2D eigenvalue weighted by molar-refractivity contribution is 7.26. The molecular formula is C46H29NOS. The lowest BCUT2D eigenvalue weighted by atomic mass is 10.00. The SMILES string of the molecule is c1ccc(-c2ccc(-c3ccc(N(c4cccc5c4sc4ccccc45)c4cccc5oc6c7ccccc7ccc6c45)cc3)cc2)cc1. The largest absolute Gasteiger partial charge is 0.455 e. The molecule has 8 aromatic carbocycles. The van der Waals surface area contributed by atoms with Gasteiger partial charge in [0.1, 0.15) is 11.2 Å². The minimum Gasteiger partial charge on any atom is -0.455 e. The molecular weight excluding hydrogens is 615 g/mol. The molecule has 0 saturated carbocycles. The maximum Gasteiger partial charge on any atom is 0.143 e. The van der Waals surface area contributed by atoms with Crippen molar-refractivity contribution >= 4 is 81.3 Å². The molecule has 2 heterocycles. The van der Waals surface area contributed by atoms with Gasteiger partial charge >= 0.3 is 0 Å². The van der Waals surface area contributed by atoms with Crippen molar-refractivity contribution in [2.24, 2.45) is 0 Å². The number of hydrogen-bond acceptors (Lipinski definition) is 3. The van der Waals surface area contributed by atoms with Crippen molar-refractivity contribution in [3.05, 3.63) is 176 Å². The third-order valence-electron chi connectivity index (χ3n) is 9.68. The first kappa shape index (κ1) is 27.9. The van der Waals surface area contributed by atoms with E-state index in [4.69, 9.17) is 4.42 Å². The number of rotatable bonds is 5. The van der Waals surface area contributed by atoms with E-state index >= 15 is 0 Å². The summed E-state index contributed by atoms with van der Waals surface area (Å²) >= 11 is 1.85. The van der Waals surface area contributed by atoms with Crippen molar-refractivity contribution in [3.63, 3.8) is 0 Å². The van der Waals surface area contributed by atoms with Gasteiger partial charge in [-0.1, -0.05) is 133 Å². The van der Waals surface area contributed by atoms with Gasteiger partial charge in [-0.2, -0.15) is 0 Å². The smallest absolute Gasteiger partial charge is 0.143 e. The number of anilines is 3. The van der Waals surface area contributed by atoms with E-state index in [1.54, 1.807) is 0 Å². The van der Waals surface area contributed by atoms with Gasteiger partial charge in [0.25, 0.3) is 0 Å². The molecule has 0 saturated heterocycles. The number of thiophene rings is 1. The molecule has 2 aromatic heterocycles. The van der Waals surface area contributed by atoms with Crippen LogP contribution < -0.4 is 4.90 Å². The fraction of sp³-hybridized carbons (Fsp3) is 0. The Labute approximate surface area is 287 Å². The van der Waals surface area contributed by atoms with Crippen molar-refractivity contribution in [1.82, 2.24) is 0 Å². The monoisotopic (exact) mass is 643 g/mol. The predicted molar refractivity (Wildman–Crippen MR) is 210 cm³/mol. The molecule has 0 aliphatic carbocycles. The second-order valence-corrected chi connectivity index (χ2v) is 13.5. The van der Waals surface area contributed by atoms with Crippen LogP contribution in [0.15, 0.2) is 180 Å². The second-order valence-electron chi connectivity index (χ2n) is 12.5. The summed E-state index contributed by atoms with van der Waals surface area (Å²) in [5.41, 5.74) is 9.97. The van der Waals surface area contributed by atoms with Gasteiger partial charge in [-0.3, -0.25) is 0 Å². The Hall–Kier alpha value is -6.16. The summed E-state index contributed by atoms with van der Waals surface area (Å²) in [4.78, 5) is 2.42. The highest BCUT2D eigenvalue weighted by atomic mass is 32.1. The summed E-state index contributed by atoms with van der Waals surface area (Å²) in [7, 11) is 0. The van der Waals surface area contributed by atoms with Gasteiger partial charge in [0.15, 0.2) is 0 Å². The van der Waals surface area contributed by atoms with E-state index in [1.807, 2.05) is 11.3 Å². The Kier molecular flexibility index (Phi) is 6.39. The Balaban J connectivity index is 1.17. The Bertz CT molecular complexity index is 2810.